The van der Waals surface area contributed by atoms with Gasteiger partial charge < -0.3 is 10.6 Å². The number of carbonyl (C=O) groups excluding carboxylic acids is 2. The van der Waals surface area contributed by atoms with Crippen LogP contribution in [-0.2, 0) is 11.2 Å². The summed E-state index contributed by atoms with van der Waals surface area (Å²) in [5, 5.41) is 9.81. The lowest BCUT2D eigenvalue weighted by molar-refractivity contribution is -0.121. The second kappa shape index (κ2) is 10.9. The molecule has 0 aliphatic rings. The zero-order chi connectivity index (χ0) is 20.5. The number of amides is 2. The van der Waals surface area contributed by atoms with Gasteiger partial charge in [-0.25, -0.2) is 0 Å². The molecule has 2 heterocycles. The van der Waals surface area contributed by atoms with Gasteiger partial charge in [0.2, 0.25) is 5.91 Å². The van der Waals surface area contributed by atoms with E-state index in [1.54, 1.807) is 17.4 Å². The van der Waals surface area contributed by atoms with Crippen LogP contribution in [0, 0.1) is 0 Å². The molecular formula is C23H26N2O2S2. The fourth-order valence-electron chi connectivity index (χ4n) is 3.05. The first-order valence-electron chi connectivity index (χ1n) is 9.90. The first-order valence-corrected chi connectivity index (χ1v) is 11.7. The highest BCUT2D eigenvalue weighted by Crippen LogP contribution is 2.26. The van der Waals surface area contributed by atoms with Crippen LogP contribution < -0.4 is 10.6 Å². The molecule has 0 fully saturated rings. The molecule has 1 aromatic carbocycles. The Balaban J connectivity index is 1.59. The van der Waals surface area contributed by atoms with Crippen molar-refractivity contribution in [3.8, 4) is 0 Å². The number of carbonyl (C=O) groups is 2. The first kappa shape index (κ1) is 21.3. The zero-order valence-electron chi connectivity index (χ0n) is 16.5. The smallest absolute Gasteiger partial charge is 0.261 e. The summed E-state index contributed by atoms with van der Waals surface area (Å²) in [4.78, 5) is 26.3. The van der Waals surface area contributed by atoms with Gasteiger partial charge in [0.25, 0.3) is 5.91 Å². The van der Waals surface area contributed by atoms with Gasteiger partial charge >= 0.3 is 0 Å². The summed E-state index contributed by atoms with van der Waals surface area (Å²) < 4.78 is 0. The molecule has 0 saturated heterocycles. The normalized spacial score (nSPS) is 11.8. The van der Waals surface area contributed by atoms with Crippen LogP contribution in [0.5, 0.6) is 0 Å². The second-order valence-corrected chi connectivity index (χ2v) is 8.77. The topological polar surface area (TPSA) is 58.2 Å². The molecule has 1 unspecified atom stereocenters. The number of benzene rings is 1. The Morgan fingerprint density at radius 3 is 2.41 bits per heavy atom. The van der Waals surface area contributed by atoms with Crippen molar-refractivity contribution in [3.05, 3.63) is 80.2 Å². The van der Waals surface area contributed by atoms with Crippen LogP contribution in [0.4, 0.5) is 0 Å². The van der Waals surface area contributed by atoms with Gasteiger partial charge in [-0.3, -0.25) is 9.59 Å². The largest absolute Gasteiger partial charge is 0.351 e. The van der Waals surface area contributed by atoms with Crippen molar-refractivity contribution in [1.82, 2.24) is 10.6 Å². The summed E-state index contributed by atoms with van der Waals surface area (Å²) in [7, 11) is 0. The number of hydrogen-bond donors (Lipinski definition) is 2. The molecule has 3 rings (SSSR count). The Morgan fingerprint density at radius 2 is 1.76 bits per heavy atom. The van der Waals surface area contributed by atoms with Crippen molar-refractivity contribution < 1.29 is 9.59 Å². The summed E-state index contributed by atoms with van der Waals surface area (Å²) in [5.74, 6) is -0.213. The van der Waals surface area contributed by atoms with Crippen LogP contribution >= 0.6 is 22.7 Å². The first-order chi connectivity index (χ1) is 14.2. The number of nitrogens with one attached hydrogen (secondary N) is 2. The number of rotatable bonds is 10. The van der Waals surface area contributed by atoms with Gasteiger partial charge in [0, 0.05) is 17.8 Å². The Hall–Kier alpha value is -2.44. The maximum atomic E-state index is 12.5. The molecular weight excluding hydrogens is 400 g/mol. The van der Waals surface area contributed by atoms with Crippen molar-refractivity contribution in [3.63, 3.8) is 0 Å². The van der Waals surface area contributed by atoms with E-state index in [4.69, 9.17) is 0 Å². The van der Waals surface area contributed by atoms with Crippen LogP contribution in [0.1, 0.15) is 57.9 Å². The Morgan fingerprint density at radius 1 is 1.00 bits per heavy atom. The Kier molecular flexibility index (Phi) is 8.02. The SMILES string of the molecule is CCCCc1ccc(C(NC(=O)CCNC(=O)c2cccs2)c2cccs2)cc1. The van der Waals surface area contributed by atoms with Gasteiger partial charge in [0.15, 0.2) is 0 Å². The fraction of sp³-hybridized carbons (Fsp3) is 0.304. The van der Waals surface area contributed by atoms with Gasteiger partial charge in [-0.1, -0.05) is 49.7 Å². The Bertz CT molecular complexity index is 888. The van der Waals surface area contributed by atoms with Crippen LogP contribution in [0.15, 0.2) is 59.3 Å². The van der Waals surface area contributed by atoms with Crippen LogP contribution in [-0.4, -0.2) is 18.4 Å². The zero-order valence-corrected chi connectivity index (χ0v) is 18.2. The minimum Gasteiger partial charge on any atom is -0.351 e. The van der Waals surface area contributed by atoms with E-state index in [1.807, 2.05) is 29.0 Å². The number of thiophene rings is 2. The van der Waals surface area contributed by atoms with E-state index in [1.165, 1.54) is 29.7 Å². The highest BCUT2D eigenvalue weighted by molar-refractivity contribution is 7.12. The van der Waals surface area contributed by atoms with E-state index in [9.17, 15) is 9.59 Å². The number of aryl methyl sites for hydroxylation is 1. The monoisotopic (exact) mass is 426 g/mol. The number of hydrogen-bond acceptors (Lipinski definition) is 4. The molecule has 0 aliphatic heterocycles. The summed E-state index contributed by atoms with van der Waals surface area (Å²) in [6.07, 6.45) is 3.69. The quantitative estimate of drug-likeness (QED) is 0.469. The summed E-state index contributed by atoms with van der Waals surface area (Å²) in [6, 6.07) is 16.0. The predicted octanol–water partition coefficient (Wildman–Crippen LogP) is 5.18. The molecule has 152 valence electrons. The molecule has 6 heteroatoms. The molecule has 0 aliphatic carbocycles. The van der Waals surface area contributed by atoms with Crippen molar-refractivity contribution in [2.75, 3.05) is 6.54 Å². The van der Waals surface area contributed by atoms with Gasteiger partial charge in [-0.2, -0.15) is 0 Å². The van der Waals surface area contributed by atoms with Crippen LogP contribution in [0.3, 0.4) is 0 Å². The van der Waals surface area contributed by atoms with E-state index < -0.39 is 0 Å². The maximum absolute atomic E-state index is 12.5. The molecule has 2 N–H and O–H groups in total. The molecule has 3 aromatic rings. The highest BCUT2D eigenvalue weighted by Gasteiger charge is 2.18. The van der Waals surface area contributed by atoms with Gasteiger partial charge in [-0.15, -0.1) is 22.7 Å². The standard InChI is InChI=1S/C23H26N2O2S2/c1-2-3-6-17-9-11-18(12-10-17)22(19-7-4-15-28-19)25-21(26)13-14-24-23(27)20-8-5-16-29-20/h4-5,7-12,15-16,22H,2-3,6,13-14H2,1H3,(H,24,27)(H,25,26). The average Bonchev–Trinajstić information content (AvgIpc) is 3.45. The summed E-state index contributed by atoms with van der Waals surface area (Å²) >= 11 is 3.02. The predicted molar refractivity (Wildman–Crippen MR) is 121 cm³/mol. The molecule has 0 bridgehead atoms. The lowest BCUT2D eigenvalue weighted by Gasteiger charge is -2.19. The third-order valence-electron chi connectivity index (χ3n) is 4.65. The van der Waals surface area contributed by atoms with Gasteiger partial charge in [0.1, 0.15) is 0 Å². The van der Waals surface area contributed by atoms with Gasteiger partial charge in [0.05, 0.1) is 10.9 Å². The van der Waals surface area contributed by atoms with E-state index >= 15 is 0 Å². The lowest BCUT2D eigenvalue weighted by Crippen LogP contribution is -2.33. The maximum Gasteiger partial charge on any atom is 0.261 e. The van der Waals surface area contributed by atoms with Crippen molar-refractivity contribution in [2.24, 2.45) is 0 Å². The third-order valence-corrected chi connectivity index (χ3v) is 6.45. The summed E-state index contributed by atoms with van der Waals surface area (Å²) in [6.45, 7) is 2.51. The summed E-state index contributed by atoms with van der Waals surface area (Å²) in [5.41, 5.74) is 2.40. The van der Waals surface area contributed by atoms with E-state index in [-0.39, 0.29) is 24.3 Å². The molecule has 1 atom stereocenters. The highest BCUT2D eigenvalue weighted by atomic mass is 32.1. The molecule has 29 heavy (non-hydrogen) atoms. The minimum atomic E-state index is -0.171. The van der Waals surface area contributed by atoms with Crippen LogP contribution in [0.2, 0.25) is 0 Å². The minimum absolute atomic E-state index is 0.0788. The molecule has 0 saturated carbocycles. The van der Waals surface area contributed by atoms with E-state index in [0.29, 0.717) is 11.4 Å². The van der Waals surface area contributed by atoms with Crippen molar-refractivity contribution in [1.29, 1.82) is 0 Å². The average molecular weight is 427 g/mol. The number of unbranched alkanes of at least 4 members (excludes halogenated alkanes) is 1. The molecule has 2 aromatic heterocycles. The second-order valence-electron chi connectivity index (χ2n) is 6.84. The molecule has 2 amide bonds. The fourth-order valence-corrected chi connectivity index (χ4v) is 4.49. The Labute approximate surface area is 180 Å². The molecule has 0 radical (unpaired) electrons. The molecule has 4 nitrogen and oxygen atoms in total. The van der Waals surface area contributed by atoms with Crippen molar-refractivity contribution in [2.45, 2.75) is 38.6 Å². The third kappa shape index (κ3) is 6.27. The van der Waals surface area contributed by atoms with Crippen molar-refractivity contribution >= 4 is 34.5 Å². The van der Waals surface area contributed by atoms with Gasteiger partial charge in [-0.05, 0) is 46.9 Å². The van der Waals surface area contributed by atoms with Crippen LogP contribution in [0.25, 0.3) is 0 Å². The van der Waals surface area contributed by atoms with E-state index in [0.717, 1.165) is 16.9 Å². The molecule has 0 spiro atoms. The lowest BCUT2D eigenvalue weighted by atomic mass is 10.0. The van der Waals surface area contributed by atoms with E-state index in [2.05, 4.69) is 41.8 Å².